The van der Waals surface area contributed by atoms with Gasteiger partial charge in [-0.05, 0) is 74.2 Å². The van der Waals surface area contributed by atoms with Gasteiger partial charge in [0, 0.05) is 11.3 Å². The molecule has 2 N–H and O–H groups in total. The van der Waals surface area contributed by atoms with Crippen LogP contribution in [0.15, 0.2) is 65.6 Å². The lowest BCUT2D eigenvalue weighted by molar-refractivity contribution is 0.0935. The number of methoxy groups -OCH3 is 1. The maximum atomic E-state index is 13.0. The summed E-state index contributed by atoms with van der Waals surface area (Å²) in [6, 6.07) is 17.4. The van der Waals surface area contributed by atoms with Crippen LogP contribution in [0.3, 0.4) is 0 Å². The minimum Gasteiger partial charge on any atom is -0.496 e. The molecule has 6 nitrogen and oxygen atoms in total. The van der Waals surface area contributed by atoms with Crippen LogP contribution in [0.25, 0.3) is 0 Å². The van der Waals surface area contributed by atoms with Crippen molar-refractivity contribution in [3.63, 3.8) is 0 Å². The van der Waals surface area contributed by atoms with Gasteiger partial charge in [-0.3, -0.25) is 9.52 Å². The molecule has 0 spiro atoms. The van der Waals surface area contributed by atoms with Crippen LogP contribution in [0.5, 0.6) is 5.75 Å². The Balaban J connectivity index is 1.84. The number of sulfonamides is 1. The molecule has 0 bridgehead atoms. The van der Waals surface area contributed by atoms with Crippen LogP contribution in [-0.2, 0) is 10.0 Å². The van der Waals surface area contributed by atoms with E-state index in [-0.39, 0.29) is 22.4 Å². The Morgan fingerprint density at radius 1 is 0.939 bits per heavy atom. The fraction of sp³-hybridized carbons (Fsp3) is 0.269. The van der Waals surface area contributed by atoms with Crippen molar-refractivity contribution in [2.24, 2.45) is 0 Å². The highest BCUT2D eigenvalue weighted by atomic mass is 32.2. The molecule has 0 heterocycles. The second kappa shape index (κ2) is 10.1. The standard InChI is InChI=1S/C26H30N2O4S/c1-6-23(20-11-14-24(32-5)19(4)15-20)27-26(29)21-10-9-18(3)25(16-21)33(30,31)28-22-12-7-17(2)8-13-22/h7-16,23,28H,6H2,1-5H3,(H,27,29). The topological polar surface area (TPSA) is 84.5 Å². The van der Waals surface area contributed by atoms with E-state index in [1.54, 1.807) is 38.3 Å². The van der Waals surface area contributed by atoms with Crippen molar-refractivity contribution < 1.29 is 17.9 Å². The molecule has 1 atom stereocenters. The average molecular weight is 467 g/mol. The quantitative estimate of drug-likeness (QED) is 0.472. The van der Waals surface area contributed by atoms with Crippen LogP contribution in [0.1, 0.15) is 52.0 Å². The van der Waals surface area contributed by atoms with Crippen LogP contribution in [0, 0.1) is 20.8 Å². The molecule has 0 radical (unpaired) electrons. The van der Waals surface area contributed by atoms with E-state index in [0.717, 1.165) is 22.4 Å². The summed E-state index contributed by atoms with van der Waals surface area (Å²) in [6.45, 7) is 7.58. The van der Waals surface area contributed by atoms with Crippen molar-refractivity contribution >= 4 is 21.6 Å². The van der Waals surface area contributed by atoms with Crippen LogP contribution >= 0.6 is 0 Å². The van der Waals surface area contributed by atoms with Crippen LogP contribution in [0.4, 0.5) is 5.69 Å². The molecule has 0 aliphatic heterocycles. The van der Waals surface area contributed by atoms with Crippen LogP contribution in [0.2, 0.25) is 0 Å². The molecular weight excluding hydrogens is 436 g/mol. The predicted molar refractivity (Wildman–Crippen MR) is 131 cm³/mol. The zero-order chi connectivity index (χ0) is 24.2. The fourth-order valence-corrected chi connectivity index (χ4v) is 4.97. The SMILES string of the molecule is CCC(NC(=O)c1ccc(C)c(S(=O)(=O)Nc2ccc(C)cc2)c1)c1ccc(OC)c(C)c1. The Hall–Kier alpha value is -3.32. The first-order valence-electron chi connectivity index (χ1n) is 10.8. The molecule has 3 aromatic rings. The van der Waals surface area contributed by atoms with Gasteiger partial charge < -0.3 is 10.1 Å². The number of anilines is 1. The maximum Gasteiger partial charge on any atom is 0.262 e. The van der Waals surface area contributed by atoms with E-state index >= 15 is 0 Å². The number of hydrogen-bond acceptors (Lipinski definition) is 4. The van der Waals surface area contributed by atoms with Crippen LogP contribution < -0.4 is 14.8 Å². The number of benzene rings is 3. The Bertz CT molecular complexity index is 1250. The lowest BCUT2D eigenvalue weighted by atomic mass is 10.0. The van der Waals surface area contributed by atoms with Crippen molar-refractivity contribution in [3.8, 4) is 5.75 Å². The largest absolute Gasteiger partial charge is 0.496 e. The summed E-state index contributed by atoms with van der Waals surface area (Å²) in [5, 5.41) is 3.02. The zero-order valence-corrected chi connectivity index (χ0v) is 20.4. The summed E-state index contributed by atoms with van der Waals surface area (Å²) in [6.07, 6.45) is 0.684. The highest BCUT2D eigenvalue weighted by Crippen LogP contribution is 2.25. The van der Waals surface area contributed by atoms with E-state index in [1.807, 2.05) is 51.1 Å². The molecule has 0 aliphatic rings. The number of carbonyl (C=O) groups excluding carboxylic acids is 1. The number of ether oxygens (including phenoxy) is 1. The molecule has 0 aromatic heterocycles. The Morgan fingerprint density at radius 2 is 1.64 bits per heavy atom. The highest BCUT2D eigenvalue weighted by Gasteiger charge is 2.21. The number of aryl methyl sites for hydroxylation is 3. The van der Waals surface area contributed by atoms with E-state index in [2.05, 4.69) is 10.0 Å². The lowest BCUT2D eigenvalue weighted by Gasteiger charge is -2.19. The molecule has 0 saturated carbocycles. The van der Waals surface area contributed by atoms with Gasteiger partial charge >= 0.3 is 0 Å². The monoisotopic (exact) mass is 466 g/mol. The average Bonchev–Trinajstić information content (AvgIpc) is 2.78. The predicted octanol–water partition coefficient (Wildman–Crippen LogP) is 5.30. The molecule has 0 aliphatic carbocycles. The van der Waals surface area contributed by atoms with Crippen molar-refractivity contribution in [3.05, 3.63) is 88.5 Å². The normalized spacial score (nSPS) is 12.2. The van der Waals surface area contributed by atoms with E-state index in [1.165, 1.54) is 6.07 Å². The second-order valence-corrected chi connectivity index (χ2v) is 9.77. The molecule has 7 heteroatoms. The van der Waals surface area contributed by atoms with Gasteiger partial charge in [0.1, 0.15) is 5.75 Å². The molecular formula is C26H30N2O4S. The van der Waals surface area contributed by atoms with Gasteiger partial charge in [0.2, 0.25) is 0 Å². The number of nitrogens with one attached hydrogen (secondary N) is 2. The second-order valence-electron chi connectivity index (χ2n) is 8.12. The van der Waals surface area contributed by atoms with Gasteiger partial charge in [-0.25, -0.2) is 8.42 Å². The number of carbonyl (C=O) groups is 1. The van der Waals surface area contributed by atoms with Gasteiger partial charge in [-0.2, -0.15) is 0 Å². The molecule has 3 aromatic carbocycles. The summed E-state index contributed by atoms with van der Waals surface area (Å²) in [4.78, 5) is 13.1. The lowest BCUT2D eigenvalue weighted by Crippen LogP contribution is -2.28. The number of rotatable bonds is 8. The summed E-state index contributed by atoms with van der Waals surface area (Å²) >= 11 is 0. The summed E-state index contributed by atoms with van der Waals surface area (Å²) in [7, 11) is -2.23. The number of hydrogen-bond donors (Lipinski definition) is 2. The molecule has 0 fully saturated rings. The molecule has 1 unspecified atom stereocenters. The molecule has 0 saturated heterocycles. The summed E-state index contributed by atoms with van der Waals surface area (Å²) in [5.74, 6) is 0.455. The fourth-order valence-electron chi connectivity index (χ4n) is 3.64. The zero-order valence-electron chi connectivity index (χ0n) is 19.6. The van der Waals surface area contributed by atoms with Crippen LogP contribution in [-0.4, -0.2) is 21.4 Å². The van der Waals surface area contributed by atoms with Crippen molar-refractivity contribution in [1.29, 1.82) is 0 Å². The molecule has 174 valence electrons. The van der Waals surface area contributed by atoms with Crippen molar-refractivity contribution in [1.82, 2.24) is 5.32 Å². The van der Waals surface area contributed by atoms with Crippen molar-refractivity contribution in [2.75, 3.05) is 11.8 Å². The first-order valence-corrected chi connectivity index (χ1v) is 12.3. The van der Waals surface area contributed by atoms with E-state index in [9.17, 15) is 13.2 Å². The third-order valence-corrected chi connectivity index (χ3v) is 7.10. The summed E-state index contributed by atoms with van der Waals surface area (Å²) in [5.41, 5.74) is 4.29. The molecule has 33 heavy (non-hydrogen) atoms. The van der Waals surface area contributed by atoms with Crippen molar-refractivity contribution in [2.45, 2.75) is 45.1 Å². The maximum absolute atomic E-state index is 13.0. The Kier molecular flexibility index (Phi) is 7.43. The summed E-state index contributed by atoms with van der Waals surface area (Å²) < 4.78 is 34.0. The minimum absolute atomic E-state index is 0.0732. The van der Waals surface area contributed by atoms with Gasteiger partial charge in [0.15, 0.2) is 0 Å². The van der Waals surface area contributed by atoms with E-state index < -0.39 is 10.0 Å². The molecule has 1 amide bonds. The Labute approximate surface area is 196 Å². The number of amides is 1. The minimum atomic E-state index is -3.86. The van der Waals surface area contributed by atoms with Gasteiger partial charge in [-0.1, -0.05) is 42.8 Å². The third kappa shape index (κ3) is 5.73. The van der Waals surface area contributed by atoms with E-state index in [0.29, 0.717) is 17.7 Å². The van der Waals surface area contributed by atoms with Gasteiger partial charge in [0.25, 0.3) is 15.9 Å². The first-order chi connectivity index (χ1) is 15.6. The third-order valence-electron chi connectivity index (χ3n) is 5.58. The first kappa shape index (κ1) is 24.3. The van der Waals surface area contributed by atoms with Gasteiger partial charge in [0.05, 0.1) is 18.0 Å². The van der Waals surface area contributed by atoms with E-state index in [4.69, 9.17) is 4.74 Å². The molecule has 3 rings (SSSR count). The smallest absolute Gasteiger partial charge is 0.262 e. The highest BCUT2D eigenvalue weighted by molar-refractivity contribution is 7.92. The Morgan fingerprint density at radius 3 is 2.24 bits per heavy atom. The van der Waals surface area contributed by atoms with Gasteiger partial charge in [-0.15, -0.1) is 0 Å².